The van der Waals surface area contributed by atoms with Gasteiger partial charge in [-0.25, -0.2) is 0 Å². The maximum Gasteiger partial charge on any atom is 0.282 e. The van der Waals surface area contributed by atoms with Crippen LogP contribution in [0, 0.1) is 5.41 Å². The first-order valence-corrected chi connectivity index (χ1v) is 10.1. The summed E-state index contributed by atoms with van der Waals surface area (Å²) in [7, 11) is 1.60. The third-order valence-corrected chi connectivity index (χ3v) is 4.89. The van der Waals surface area contributed by atoms with Crippen molar-refractivity contribution in [2.45, 2.75) is 6.92 Å². The lowest BCUT2D eigenvalue weighted by atomic mass is 10.1. The summed E-state index contributed by atoms with van der Waals surface area (Å²) in [5, 5.41) is 9.85. The normalized spacial score (nSPS) is 16.3. The number of fused-ring (bicyclic) bond motifs is 1. The zero-order valence-corrected chi connectivity index (χ0v) is 18.2. The minimum Gasteiger partial charge on any atom is -0.497 e. The van der Waals surface area contributed by atoms with Crippen molar-refractivity contribution in [3.63, 3.8) is 0 Å². The van der Waals surface area contributed by atoms with Crippen LogP contribution < -0.4 is 14.2 Å². The van der Waals surface area contributed by atoms with Gasteiger partial charge in [-0.15, -0.1) is 5.06 Å². The zero-order valence-electron chi connectivity index (χ0n) is 17.4. The summed E-state index contributed by atoms with van der Waals surface area (Å²) in [5.41, 5.74) is 0.735. The van der Waals surface area contributed by atoms with Crippen molar-refractivity contribution in [1.29, 1.82) is 5.41 Å². The number of rotatable bonds is 7. The number of nitrogens with zero attached hydrogens (tertiary/aromatic N) is 2. The van der Waals surface area contributed by atoms with Crippen LogP contribution in [0.1, 0.15) is 12.5 Å². The van der Waals surface area contributed by atoms with Crippen molar-refractivity contribution in [1.82, 2.24) is 5.06 Å². The summed E-state index contributed by atoms with van der Waals surface area (Å²) in [6, 6.07) is 12.4. The number of carbonyl (C=O) groups is 1. The Hall–Kier alpha value is -3.78. The first kappa shape index (κ1) is 21.5. The van der Waals surface area contributed by atoms with E-state index in [2.05, 4.69) is 4.99 Å². The molecule has 164 valence electrons. The van der Waals surface area contributed by atoms with Crippen molar-refractivity contribution >= 4 is 35.3 Å². The minimum atomic E-state index is -0.512. The third-order valence-electron chi connectivity index (χ3n) is 4.60. The summed E-state index contributed by atoms with van der Waals surface area (Å²) in [5.74, 6) is 2.14. The van der Waals surface area contributed by atoms with Crippen molar-refractivity contribution in [2.24, 2.45) is 4.99 Å². The van der Waals surface area contributed by atoms with Gasteiger partial charge in [-0.05, 0) is 42.8 Å². The van der Waals surface area contributed by atoms with Crippen LogP contribution in [0.5, 0.6) is 17.2 Å². The Labute approximate surface area is 189 Å². The number of methoxy groups -OCH3 is 1. The van der Waals surface area contributed by atoms with Crippen molar-refractivity contribution in [3.05, 3.63) is 70.5 Å². The largest absolute Gasteiger partial charge is 0.497 e. The van der Waals surface area contributed by atoms with Crippen molar-refractivity contribution in [3.8, 4) is 17.2 Å². The Morgan fingerprint density at radius 2 is 1.94 bits per heavy atom. The Balaban J connectivity index is 1.38. The quantitative estimate of drug-likeness (QED) is 0.497. The monoisotopic (exact) mass is 453 g/mol. The summed E-state index contributed by atoms with van der Waals surface area (Å²) >= 11 is 6.34. The number of carbonyl (C=O) groups excluding carboxylic acids is 1. The molecule has 2 aromatic rings. The van der Waals surface area contributed by atoms with Crippen LogP contribution >= 0.6 is 11.6 Å². The molecule has 0 aliphatic carbocycles. The van der Waals surface area contributed by atoms with Crippen LogP contribution in [0.4, 0.5) is 0 Å². The minimum absolute atomic E-state index is 0.0840. The van der Waals surface area contributed by atoms with Crippen LogP contribution in [0.2, 0.25) is 5.02 Å². The lowest BCUT2D eigenvalue weighted by Gasteiger charge is -2.23. The number of nitrogens with one attached hydrogen (secondary N) is 1. The molecule has 0 spiro atoms. The highest BCUT2D eigenvalue weighted by Crippen LogP contribution is 2.28. The molecule has 1 N–H and O–H groups in total. The molecule has 2 heterocycles. The fourth-order valence-electron chi connectivity index (χ4n) is 3.09. The molecule has 0 saturated carbocycles. The molecule has 0 aromatic heterocycles. The summed E-state index contributed by atoms with van der Waals surface area (Å²) < 4.78 is 16.5. The molecule has 4 rings (SSSR count). The van der Waals surface area contributed by atoms with E-state index in [9.17, 15) is 4.79 Å². The van der Waals surface area contributed by atoms with Gasteiger partial charge in [0.1, 0.15) is 36.2 Å². The van der Waals surface area contributed by atoms with E-state index >= 15 is 0 Å². The van der Waals surface area contributed by atoms with Crippen LogP contribution in [0.25, 0.3) is 6.08 Å². The second-order valence-corrected chi connectivity index (χ2v) is 7.30. The Kier molecular flexibility index (Phi) is 6.13. The third kappa shape index (κ3) is 4.60. The van der Waals surface area contributed by atoms with Gasteiger partial charge in [-0.3, -0.25) is 10.2 Å². The molecular weight excluding hydrogens is 434 g/mol. The number of allylic oxidation sites excluding steroid dienone is 1. The highest BCUT2D eigenvalue weighted by molar-refractivity contribution is 6.33. The van der Waals surface area contributed by atoms with Crippen molar-refractivity contribution in [2.75, 3.05) is 20.3 Å². The van der Waals surface area contributed by atoms with E-state index in [0.29, 0.717) is 46.0 Å². The molecular formula is C23H20ClN3O5. The number of halogens is 1. The molecule has 32 heavy (non-hydrogen) atoms. The van der Waals surface area contributed by atoms with Crippen LogP contribution in [0.15, 0.2) is 64.9 Å². The Morgan fingerprint density at radius 3 is 2.72 bits per heavy atom. The number of ether oxygens (including phenoxy) is 3. The molecule has 8 nitrogen and oxygen atoms in total. The van der Waals surface area contributed by atoms with Gasteiger partial charge in [0.2, 0.25) is 0 Å². The fraction of sp³-hybridized carbons (Fsp3) is 0.174. The summed E-state index contributed by atoms with van der Waals surface area (Å²) in [4.78, 5) is 21.7. The summed E-state index contributed by atoms with van der Waals surface area (Å²) in [6.07, 6.45) is 3.15. The second kappa shape index (κ2) is 9.15. The number of hydrogen-bond acceptors (Lipinski definition) is 6. The van der Waals surface area contributed by atoms with Crippen LogP contribution in [-0.2, 0) is 9.63 Å². The molecule has 0 radical (unpaired) electrons. The first-order chi connectivity index (χ1) is 15.4. The van der Waals surface area contributed by atoms with E-state index in [1.807, 2.05) is 18.2 Å². The van der Waals surface area contributed by atoms with E-state index in [-0.39, 0.29) is 18.0 Å². The average molecular weight is 454 g/mol. The Morgan fingerprint density at radius 1 is 1.16 bits per heavy atom. The van der Waals surface area contributed by atoms with Gasteiger partial charge in [-0.2, -0.15) is 4.99 Å². The lowest BCUT2D eigenvalue weighted by molar-refractivity contribution is -0.114. The van der Waals surface area contributed by atoms with Crippen LogP contribution in [0.3, 0.4) is 0 Å². The molecule has 0 fully saturated rings. The van der Waals surface area contributed by atoms with Gasteiger partial charge < -0.3 is 19.0 Å². The van der Waals surface area contributed by atoms with Gasteiger partial charge in [0.25, 0.3) is 5.91 Å². The standard InChI is InChI=1S/C23H20ClN3O5/c1-14-10-21-26-23(28)18(22(25)27(21)32-14)11-15-6-7-20(19(24)12-15)31-9-8-30-17-5-3-4-16(13-17)29-2/h3-7,10-13,25H,8-9H2,1-2H3/b18-11+,25-22?. The van der Waals surface area contributed by atoms with Gasteiger partial charge in [0, 0.05) is 12.1 Å². The van der Waals surface area contributed by atoms with E-state index in [1.54, 1.807) is 50.5 Å². The molecule has 0 bridgehead atoms. The number of amides is 1. The Bertz CT molecular complexity index is 1170. The van der Waals surface area contributed by atoms with E-state index in [0.717, 1.165) is 0 Å². The SMILES string of the molecule is COc1cccc(OCCOc2ccc(/C=C3\C(=N)N4OC(C)=CC4=NC3=O)cc2Cl)c1. The average Bonchev–Trinajstić information content (AvgIpc) is 3.15. The zero-order chi connectivity index (χ0) is 22.7. The van der Waals surface area contributed by atoms with E-state index < -0.39 is 5.91 Å². The molecule has 2 aliphatic rings. The van der Waals surface area contributed by atoms with E-state index in [1.165, 1.54) is 5.06 Å². The lowest BCUT2D eigenvalue weighted by Crippen LogP contribution is -2.38. The number of hydrogen-bond donors (Lipinski definition) is 1. The second-order valence-electron chi connectivity index (χ2n) is 6.89. The highest BCUT2D eigenvalue weighted by atomic mass is 35.5. The smallest absolute Gasteiger partial charge is 0.282 e. The van der Waals surface area contributed by atoms with Crippen LogP contribution in [-0.4, -0.2) is 43.0 Å². The maximum absolute atomic E-state index is 12.4. The molecule has 0 unspecified atom stereocenters. The molecule has 1 amide bonds. The highest BCUT2D eigenvalue weighted by Gasteiger charge is 2.34. The van der Waals surface area contributed by atoms with Gasteiger partial charge in [-0.1, -0.05) is 23.7 Å². The molecule has 2 aliphatic heterocycles. The number of hydroxylamine groups is 2. The van der Waals surface area contributed by atoms with Gasteiger partial charge in [0.05, 0.1) is 17.7 Å². The number of aliphatic imine (C=N–C) groups is 1. The molecule has 9 heteroatoms. The molecule has 2 aromatic carbocycles. The number of amidine groups is 2. The molecule has 0 atom stereocenters. The number of benzene rings is 2. The predicted molar refractivity (Wildman–Crippen MR) is 120 cm³/mol. The topological polar surface area (TPSA) is 93.4 Å². The van der Waals surface area contributed by atoms with E-state index in [4.69, 9.17) is 36.1 Å². The van der Waals surface area contributed by atoms with Gasteiger partial charge in [0.15, 0.2) is 11.7 Å². The first-order valence-electron chi connectivity index (χ1n) is 9.74. The van der Waals surface area contributed by atoms with Gasteiger partial charge >= 0.3 is 0 Å². The predicted octanol–water partition coefficient (Wildman–Crippen LogP) is 4.26. The summed E-state index contributed by atoms with van der Waals surface area (Å²) in [6.45, 7) is 2.34. The maximum atomic E-state index is 12.4. The molecule has 0 saturated heterocycles. The fourth-order valence-corrected chi connectivity index (χ4v) is 3.34. The van der Waals surface area contributed by atoms with Crippen molar-refractivity contribution < 1.29 is 23.8 Å².